The number of halogens is 2. The van der Waals surface area contributed by atoms with Crippen molar-refractivity contribution in [3.05, 3.63) is 52.1 Å². The van der Waals surface area contributed by atoms with Crippen molar-refractivity contribution < 1.29 is 13.5 Å². The molecule has 5 aromatic rings. The third-order valence-corrected chi connectivity index (χ3v) is 10.1. The molecule has 1 atom stereocenters. The lowest BCUT2D eigenvalue weighted by Gasteiger charge is -2.22. The van der Waals surface area contributed by atoms with E-state index in [1.807, 2.05) is 19.0 Å². The summed E-state index contributed by atoms with van der Waals surface area (Å²) in [5, 5.41) is 21.7. The number of nitriles is 1. The SMILES string of the molecule is CN(C)C1CCN(c2nc(NCc3nc(C4CC4)n[nH]3)c3c4c(c(-c5c(F)ccc6sc(N)c(C#N)c56)c(F)c3n2)COC4)C1. The van der Waals surface area contributed by atoms with Crippen LogP contribution in [0.25, 0.3) is 32.1 Å². The second-order valence-electron chi connectivity index (χ2n) is 12.1. The number of hydrogen-bond acceptors (Lipinski definition) is 11. The first-order valence-electron chi connectivity index (χ1n) is 14.9. The monoisotopic (exact) mass is 628 g/mol. The highest BCUT2D eigenvalue weighted by atomic mass is 32.1. The zero-order chi connectivity index (χ0) is 31.0. The van der Waals surface area contributed by atoms with Gasteiger partial charge in [-0.2, -0.15) is 15.3 Å². The normalized spacial score (nSPS) is 18.0. The van der Waals surface area contributed by atoms with Crippen molar-refractivity contribution >= 4 is 49.1 Å². The Kier molecular flexibility index (Phi) is 6.59. The number of rotatable bonds is 7. The number of aromatic amines is 1. The van der Waals surface area contributed by atoms with Crippen LogP contribution in [0.5, 0.6) is 0 Å². The van der Waals surface area contributed by atoms with Crippen molar-refractivity contribution in [1.82, 2.24) is 30.0 Å². The van der Waals surface area contributed by atoms with E-state index in [2.05, 4.69) is 31.5 Å². The Morgan fingerprint density at radius 2 is 1.96 bits per heavy atom. The van der Waals surface area contributed by atoms with E-state index < -0.39 is 11.6 Å². The summed E-state index contributed by atoms with van der Waals surface area (Å²) >= 11 is 1.17. The smallest absolute Gasteiger partial charge is 0.228 e. The van der Waals surface area contributed by atoms with E-state index in [1.165, 1.54) is 17.4 Å². The van der Waals surface area contributed by atoms with Crippen LogP contribution in [0.3, 0.4) is 0 Å². The number of fused-ring (bicyclic) bond motifs is 4. The average molecular weight is 629 g/mol. The summed E-state index contributed by atoms with van der Waals surface area (Å²) in [4.78, 5) is 18.6. The molecule has 2 aliphatic heterocycles. The first-order valence-corrected chi connectivity index (χ1v) is 15.7. The molecule has 0 bridgehead atoms. The number of thiophene rings is 1. The standard InChI is InChI=1S/C31H30F2N10OS/c1-42(2)15-7-8-43(11-15)31-38-27-24(30(39-31)36-10-21-37-29(41-40-21)14-3-4-14)18-13-44-12-17(18)23(26(27)33)25-19(32)5-6-20-22(25)16(9-34)28(35)45-20/h5-6,14-15H,3-4,7-8,10-13,35H2,1-2H3,(H,36,38,39)(H,37,40,41). The summed E-state index contributed by atoms with van der Waals surface area (Å²) < 4.78 is 39.5. The lowest BCUT2D eigenvalue weighted by Crippen LogP contribution is -2.32. The summed E-state index contributed by atoms with van der Waals surface area (Å²) in [5.74, 6) is 1.33. The summed E-state index contributed by atoms with van der Waals surface area (Å²) in [6, 6.07) is 5.25. The second-order valence-corrected chi connectivity index (χ2v) is 13.2. The van der Waals surface area contributed by atoms with E-state index in [0.29, 0.717) is 69.2 Å². The number of likely N-dealkylation sites (N-methyl/N-ethyl adjacent to an activating group) is 1. The minimum Gasteiger partial charge on any atom is -0.389 e. The number of aromatic nitrogens is 5. The van der Waals surface area contributed by atoms with Crippen molar-refractivity contribution in [3.8, 4) is 17.2 Å². The van der Waals surface area contributed by atoms with Gasteiger partial charge in [-0.15, -0.1) is 11.3 Å². The van der Waals surface area contributed by atoms with Gasteiger partial charge in [0.05, 0.1) is 30.7 Å². The average Bonchev–Trinajstić information content (AvgIpc) is 3.42. The molecule has 1 saturated heterocycles. The zero-order valence-electron chi connectivity index (χ0n) is 24.7. The highest BCUT2D eigenvalue weighted by Crippen LogP contribution is 2.47. The van der Waals surface area contributed by atoms with Crippen LogP contribution < -0.4 is 16.0 Å². The molecule has 0 radical (unpaired) electrons. The van der Waals surface area contributed by atoms with Gasteiger partial charge in [0, 0.05) is 46.3 Å². The number of benzene rings is 2. The summed E-state index contributed by atoms with van der Waals surface area (Å²) in [5.41, 5.74) is 7.56. The number of H-pyrrole nitrogens is 1. The Balaban J connectivity index is 1.34. The van der Waals surface area contributed by atoms with Gasteiger partial charge in [-0.05, 0) is 56.6 Å². The van der Waals surface area contributed by atoms with Gasteiger partial charge in [-0.3, -0.25) is 5.10 Å². The molecular formula is C31H30F2N10OS. The Morgan fingerprint density at radius 3 is 2.71 bits per heavy atom. The second kappa shape index (κ2) is 10.6. The van der Waals surface area contributed by atoms with E-state index in [9.17, 15) is 5.26 Å². The Labute approximate surface area is 261 Å². The van der Waals surface area contributed by atoms with Crippen LogP contribution in [-0.2, 0) is 24.5 Å². The van der Waals surface area contributed by atoms with Crippen molar-refractivity contribution in [3.63, 3.8) is 0 Å². The maximum Gasteiger partial charge on any atom is 0.228 e. The molecule has 45 heavy (non-hydrogen) atoms. The summed E-state index contributed by atoms with van der Waals surface area (Å²) in [6.45, 7) is 1.92. The number of ether oxygens (including phenoxy) is 1. The summed E-state index contributed by atoms with van der Waals surface area (Å²) in [7, 11) is 4.07. The number of anilines is 3. The molecule has 2 aromatic carbocycles. The molecule has 1 unspecified atom stereocenters. The minimum atomic E-state index is -0.694. The van der Waals surface area contributed by atoms with Crippen molar-refractivity contribution in [1.29, 1.82) is 5.26 Å². The number of nitrogens with zero attached hydrogens (tertiary/aromatic N) is 7. The number of nitrogens with one attached hydrogen (secondary N) is 2. The molecule has 1 saturated carbocycles. The molecule has 1 aliphatic carbocycles. The van der Waals surface area contributed by atoms with Crippen LogP contribution in [0, 0.1) is 23.0 Å². The minimum absolute atomic E-state index is 0.00377. The zero-order valence-corrected chi connectivity index (χ0v) is 25.6. The largest absolute Gasteiger partial charge is 0.389 e. The van der Waals surface area contributed by atoms with E-state index in [0.717, 1.165) is 25.1 Å². The lowest BCUT2D eigenvalue weighted by atomic mass is 9.90. The van der Waals surface area contributed by atoms with Crippen LogP contribution in [0.15, 0.2) is 12.1 Å². The first-order chi connectivity index (χ1) is 21.8. The highest BCUT2D eigenvalue weighted by molar-refractivity contribution is 7.23. The van der Waals surface area contributed by atoms with Gasteiger partial charge in [0.1, 0.15) is 34.0 Å². The molecule has 3 aromatic heterocycles. The maximum atomic E-state index is 17.2. The van der Waals surface area contributed by atoms with Crippen LogP contribution in [-0.4, -0.2) is 63.3 Å². The van der Waals surface area contributed by atoms with Crippen LogP contribution in [0.1, 0.15) is 53.5 Å². The molecule has 230 valence electrons. The molecule has 0 spiro atoms. The highest BCUT2D eigenvalue weighted by Gasteiger charge is 2.33. The van der Waals surface area contributed by atoms with Gasteiger partial charge < -0.3 is 25.6 Å². The van der Waals surface area contributed by atoms with Gasteiger partial charge in [0.2, 0.25) is 5.95 Å². The third-order valence-electron chi connectivity index (χ3n) is 9.07. The molecule has 4 N–H and O–H groups in total. The van der Waals surface area contributed by atoms with E-state index in [4.69, 9.17) is 20.4 Å². The molecule has 11 nitrogen and oxygen atoms in total. The molecule has 3 aliphatic rings. The van der Waals surface area contributed by atoms with Gasteiger partial charge in [-0.25, -0.2) is 18.7 Å². The maximum absolute atomic E-state index is 17.2. The van der Waals surface area contributed by atoms with Gasteiger partial charge in [0.15, 0.2) is 11.6 Å². The molecule has 5 heterocycles. The van der Waals surface area contributed by atoms with Crippen LogP contribution >= 0.6 is 11.3 Å². The molecule has 8 rings (SSSR count). The Hall–Kier alpha value is -4.45. The number of nitrogen functional groups attached to an aromatic ring is 1. The Morgan fingerprint density at radius 1 is 1.13 bits per heavy atom. The van der Waals surface area contributed by atoms with Crippen molar-refractivity contribution in [2.45, 2.75) is 51.0 Å². The van der Waals surface area contributed by atoms with E-state index in [-0.39, 0.29) is 47.0 Å². The predicted molar refractivity (Wildman–Crippen MR) is 168 cm³/mol. The summed E-state index contributed by atoms with van der Waals surface area (Å²) in [6.07, 6.45) is 3.09. The number of nitrogens with two attached hydrogens (primary N) is 1. The van der Waals surface area contributed by atoms with Gasteiger partial charge >= 0.3 is 0 Å². The third kappa shape index (κ3) is 4.56. The fraction of sp³-hybridized carbons (Fsp3) is 0.387. The lowest BCUT2D eigenvalue weighted by molar-refractivity contribution is 0.135. The van der Waals surface area contributed by atoms with Crippen molar-refractivity contribution in [2.24, 2.45) is 0 Å². The molecule has 2 fully saturated rings. The first kappa shape index (κ1) is 28.1. The molecule has 14 heteroatoms. The van der Waals surface area contributed by atoms with Crippen LogP contribution in [0.4, 0.5) is 25.5 Å². The van der Waals surface area contributed by atoms with Crippen molar-refractivity contribution in [2.75, 3.05) is 43.1 Å². The Bertz CT molecular complexity index is 2050. The molecular weight excluding hydrogens is 598 g/mol. The van der Waals surface area contributed by atoms with E-state index >= 15 is 8.78 Å². The topological polar surface area (TPSA) is 145 Å². The predicted octanol–water partition coefficient (Wildman–Crippen LogP) is 5.02. The quantitative estimate of drug-likeness (QED) is 0.225. The molecule has 0 amide bonds. The fourth-order valence-corrected chi connectivity index (χ4v) is 7.44. The van der Waals surface area contributed by atoms with Crippen LogP contribution in [0.2, 0.25) is 0 Å². The van der Waals surface area contributed by atoms with Gasteiger partial charge in [-0.1, -0.05) is 0 Å². The number of hydrogen-bond donors (Lipinski definition) is 3. The fourth-order valence-electron chi connectivity index (χ4n) is 6.52. The van der Waals surface area contributed by atoms with Gasteiger partial charge in [0.25, 0.3) is 0 Å². The van der Waals surface area contributed by atoms with E-state index in [1.54, 1.807) is 6.07 Å².